The third-order valence-electron chi connectivity index (χ3n) is 1.47. The van der Waals surface area contributed by atoms with Gasteiger partial charge < -0.3 is 14.9 Å². The maximum Gasteiger partial charge on any atom is 0.161 e. The fraction of sp³-hybridized carbons (Fsp3) is 0.200. The van der Waals surface area contributed by atoms with Gasteiger partial charge in [-0.2, -0.15) is 0 Å². The zero-order valence-electron chi connectivity index (χ0n) is 10.8. The molecule has 2 N–H and O–H groups in total. The second-order valence-corrected chi connectivity index (χ2v) is 2.34. The highest BCUT2D eigenvalue weighted by Crippen LogP contribution is 2.26. The van der Waals surface area contributed by atoms with Crippen molar-refractivity contribution in [2.45, 2.75) is 0 Å². The first-order chi connectivity index (χ1) is 7.78. The maximum absolute atomic E-state index is 9.39. The first-order valence-electron chi connectivity index (χ1n) is 5.66. The summed E-state index contributed by atoms with van der Waals surface area (Å²) in [7, 11) is -2.64. The number of aliphatic hydroxyl groups excluding tert-OH is 1. The monoisotopic (exact) mass is 184 g/mol. The van der Waals surface area contributed by atoms with Crippen LogP contribution in [-0.4, -0.2) is 23.8 Å². The third kappa shape index (κ3) is 2.49. The van der Waals surface area contributed by atoms with E-state index in [9.17, 15) is 5.11 Å². The van der Waals surface area contributed by atoms with E-state index in [0.29, 0.717) is 5.56 Å². The largest absolute Gasteiger partial charge is 0.504 e. The molecular formula is C10H12O3. The van der Waals surface area contributed by atoms with Crippen LogP contribution in [0, 0.1) is 0 Å². The third-order valence-corrected chi connectivity index (χ3v) is 1.47. The van der Waals surface area contributed by atoms with Crippen molar-refractivity contribution in [3.8, 4) is 11.5 Å². The minimum absolute atomic E-state index is 0.174. The van der Waals surface area contributed by atoms with Gasteiger partial charge in [0.1, 0.15) is 0 Å². The predicted molar refractivity (Wildman–Crippen MR) is 50.8 cm³/mol. The Balaban J connectivity index is 2.94. The molecule has 3 nitrogen and oxygen atoms in total. The van der Waals surface area contributed by atoms with E-state index in [1.165, 1.54) is 30.4 Å². The van der Waals surface area contributed by atoms with Crippen LogP contribution in [0.25, 0.3) is 6.08 Å². The van der Waals surface area contributed by atoms with E-state index in [1.54, 1.807) is 0 Å². The summed E-state index contributed by atoms with van der Waals surface area (Å²) in [5, 5.41) is 18.1. The van der Waals surface area contributed by atoms with E-state index in [1.807, 2.05) is 0 Å². The highest BCUT2D eigenvalue weighted by molar-refractivity contribution is 5.55. The quantitative estimate of drug-likeness (QED) is 0.746. The van der Waals surface area contributed by atoms with Crippen LogP contribution in [0.1, 0.15) is 11.0 Å². The van der Waals surface area contributed by atoms with Gasteiger partial charge in [0.15, 0.2) is 11.5 Å². The SMILES string of the molecule is [2H]C(O)/C=C/c1ccc(O)c(OC([2H])([2H])[2H])c1. The van der Waals surface area contributed by atoms with Crippen molar-refractivity contribution in [2.24, 2.45) is 0 Å². The lowest BCUT2D eigenvalue weighted by Crippen LogP contribution is -1.84. The number of aliphatic hydroxyl groups is 1. The van der Waals surface area contributed by atoms with Gasteiger partial charge in [-0.1, -0.05) is 18.2 Å². The number of aromatic hydroxyl groups is 1. The van der Waals surface area contributed by atoms with Crippen LogP contribution in [0.4, 0.5) is 0 Å². The summed E-state index contributed by atoms with van der Waals surface area (Å²) in [6.45, 7) is -1.35. The molecule has 1 rings (SSSR count). The number of phenolic OH excluding ortho intramolecular Hbond substituents is 1. The van der Waals surface area contributed by atoms with E-state index >= 15 is 0 Å². The molecule has 0 spiro atoms. The Hall–Kier alpha value is -1.48. The molecule has 0 fully saturated rings. The average Bonchev–Trinajstić information content (AvgIpc) is 2.17. The van der Waals surface area contributed by atoms with Gasteiger partial charge in [-0.25, -0.2) is 0 Å². The van der Waals surface area contributed by atoms with Crippen LogP contribution in [0.2, 0.25) is 0 Å². The molecule has 0 amide bonds. The summed E-state index contributed by atoms with van der Waals surface area (Å²) in [4.78, 5) is 0. The summed E-state index contributed by atoms with van der Waals surface area (Å²) >= 11 is 0. The number of hydrogen-bond acceptors (Lipinski definition) is 3. The molecule has 1 atom stereocenters. The standard InChI is InChI=1S/C10H12O3/c1-13-10-7-8(3-2-6-11)4-5-9(10)12/h2-5,7,11-12H,6H2,1H3/b3-2+/i1D3,6D. The van der Waals surface area contributed by atoms with Crippen molar-refractivity contribution in [3.63, 3.8) is 0 Å². The summed E-state index contributed by atoms with van der Waals surface area (Å²) in [6, 6.07) is 4.08. The number of ether oxygens (including phenoxy) is 1. The van der Waals surface area contributed by atoms with Gasteiger partial charge in [0.25, 0.3) is 0 Å². The van der Waals surface area contributed by atoms with Gasteiger partial charge in [-0.15, -0.1) is 0 Å². The molecular weight excluding hydrogens is 168 g/mol. The van der Waals surface area contributed by atoms with Crippen molar-refractivity contribution >= 4 is 6.08 Å². The van der Waals surface area contributed by atoms with E-state index < -0.39 is 13.6 Å². The Morgan fingerprint density at radius 3 is 3.23 bits per heavy atom. The summed E-state index contributed by atoms with van der Waals surface area (Å²) in [6.07, 6.45) is 2.62. The molecule has 1 aromatic rings. The Morgan fingerprint density at radius 2 is 2.54 bits per heavy atom. The first-order valence-corrected chi connectivity index (χ1v) is 3.58. The fourth-order valence-corrected chi connectivity index (χ4v) is 0.870. The predicted octanol–water partition coefficient (Wildman–Crippen LogP) is 1.41. The van der Waals surface area contributed by atoms with Crippen LogP contribution < -0.4 is 4.74 Å². The van der Waals surface area contributed by atoms with Crippen LogP contribution in [0.15, 0.2) is 24.3 Å². The van der Waals surface area contributed by atoms with Gasteiger partial charge in [0.05, 0.1) is 19.1 Å². The zero-order valence-corrected chi connectivity index (χ0v) is 6.77. The molecule has 0 aliphatic carbocycles. The molecule has 0 bridgehead atoms. The molecule has 0 saturated heterocycles. The normalized spacial score (nSPS) is 18.5. The first kappa shape index (κ1) is 5.29. The summed E-state index contributed by atoms with van der Waals surface area (Å²) in [5.41, 5.74) is 0.508. The van der Waals surface area contributed by atoms with Gasteiger partial charge in [0.2, 0.25) is 0 Å². The molecule has 70 valence electrons. The van der Waals surface area contributed by atoms with E-state index in [-0.39, 0.29) is 11.5 Å². The van der Waals surface area contributed by atoms with Gasteiger partial charge in [-0.05, 0) is 17.7 Å². The van der Waals surface area contributed by atoms with Crippen LogP contribution in [0.3, 0.4) is 0 Å². The van der Waals surface area contributed by atoms with Gasteiger partial charge in [0, 0.05) is 0 Å². The minimum atomic E-state index is -2.64. The number of hydrogen-bond donors (Lipinski definition) is 2. The smallest absolute Gasteiger partial charge is 0.161 e. The molecule has 0 radical (unpaired) electrons. The molecule has 0 aromatic heterocycles. The zero-order chi connectivity index (χ0) is 13.1. The van der Waals surface area contributed by atoms with Gasteiger partial charge >= 0.3 is 0 Å². The lowest BCUT2D eigenvalue weighted by Gasteiger charge is -2.03. The maximum atomic E-state index is 9.39. The van der Waals surface area contributed by atoms with Crippen molar-refractivity contribution in [2.75, 3.05) is 13.6 Å². The van der Waals surface area contributed by atoms with Crippen LogP contribution in [-0.2, 0) is 0 Å². The van der Waals surface area contributed by atoms with Crippen molar-refractivity contribution in [1.29, 1.82) is 0 Å². The molecule has 0 aliphatic rings. The summed E-state index contributed by atoms with van der Waals surface area (Å²) in [5.74, 6) is -0.462. The molecule has 0 saturated carbocycles. The molecule has 0 heterocycles. The van der Waals surface area contributed by atoms with E-state index in [0.717, 1.165) is 0 Å². The van der Waals surface area contributed by atoms with E-state index in [4.69, 9.17) is 10.6 Å². The highest BCUT2D eigenvalue weighted by Gasteiger charge is 1.99. The molecule has 3 heteroatoms. The highest BCUT2D eigenvalue weighted by atomic mass is 16.5. The Labute approximate surface area is 82.5 Å². The lowest BCUT2D eigenvalue weighted by atomic mass is 10.2. The molecule has 13 heavy (non-hydrogen) atoms. The topological polar surface area (TPSA) is 49.7 Å². The second-order valence-electron chi connectivity index (χ2n) is 2.34. The Morgan fingerprint density at radius 1 is 1.69 bits per heavy atom. The van der Waals surface area contributed by atoms with E-state index in [2.05, 4.69) is 4.74 Å². The number of phenols is 1. The molecule has 1 unspecified atom stereocenters. The molecule has 0 aliphatic heterocycles. The van der Waals surface area contributed by atoms with Crippen LogP contribution in [0.5, 0.6) is 11.5 Å². The average molecular weight is 184 g/mol. The van der Waals surface area contributed by atoms with Gasteiger partial charge in [-0.3, -0.25) is 0 Å². The number of methoxy groups -OCH3 is 1. The Bertz CT molecular complexity index is 413. The van der Waals surface area contributed by atoms with Crippen molar-refractivity contribution in [3.05, 3.63) is 29.8 Å². The van der Waals surface area contributed by atoms with Crippen molar-refractivity contribution in [1.82, 2.24) is 0 Å². The fourth-order valence-electron chi connectivity index (χ4n) is 0.870. The summed E-state index contributed by atoms with van der Waals surface area (Å²) < 4.78 is 32.2. The van der Waals surface area contributed by atoms with Crippen LogP contribution >= 0.6 is 0 Å². The Kier molecular flexibility index (Phi) is 1.84. The number of benzene rings is 1. The van der Waals surface area contributed by atoms with Crippen molar-refractivity contribution < 1.29 is 20.4 Å². The molecule has 1 aromatic carbocycles. The minimum Gasteiger partial charge on any atom is -0.504 e. The second kappa shape index (κ2) is 4.52. The lowest BCUT2D eigenvalue weighted by molar-refractivity contribution is 0.343. The number of rotatable bonds is 3.